The SMILES string of the molecule is COc1cc(-c2ccc3c(O)n(-c4cnn(CC(F)(F)F)c4)c(N4CCC(F)C4)c3n2)cnc1OC. The van der Waals surface area contributed by atoms with Gasteiger partial charge in [0.05, 0.1) is 43.7 Å². The molecule has 1 N–H and O–H groups in total. The van der Waals surface area contributed by atoms with Gasteiger partial charge in [0.1, 0.15) is 24.1 Å². The Morgan fingerprint density at radius 1 is 1.17 bits per heavy atom. The molecule has 13 heteroatoms. The zero-order valence-corrected chi connectivity index (χ0v) is 19.3. The number of anilines is 1. The van der Waals surface area contributed by atoms with Crippen LogP contribution in [0.4, 0.5) is 23.4 Å². The summed E-state index contributed by atoms with van der Waals surface area (Å²) in [6.45, 7) is -0.881. The second-order valence-corrected chi connectivity index (χ2v) is 8.35. The van der Waals surface area contributed by atoms with Crippen molar-refractivity contribution in [3.05, 3.63) is 36.8 Å². The first-order valence-corrected chi connectivity index (χ1v) is 11.0. The van der Waals surface area contributed by atoms with Gasteiger partial charge in [-0.15, -0.1) is 0 Å². The third-order valence-electron chi connectivity index (χ3n) is 5.95. The Balaban J connectivity index is 1.67. The maximum absolute atomic E-state index is 14.2. The highest BCUT2D eigenvalue weighted by Crippen LogP contribution is 2.42. The van der Waals surface area contributed by atoms with E-state index in [2.05, 4.69) is 10.1 Å². The molecule has 1 saturated heterocycles. The van der Waals surface area contributed by atoms with E-state index >= 15 is 0 Å². The number of halogens is 4. The molecule has 0 radical (unpaired) electrons. The summed E-state index contributed by atoms with van der Waals surface area (Å²) < 4.78 is 65.4. The third kappa shape index (κ3) is 4.25. The van der Waals surface area contributed by atoms with E-state index < -0.39 is 18.9 Å². The molecule has 1 fully saturated rings. The van der Waals surface area contributed by atoms with Crippen molar-refractivity contribution in [2.24, 2.45) is 0 Å². The van der Waals surface area contributed by atoms with Crippen molar-refractivity contribution >= 4 is 16.7 Å². The number of fused-ring (bicyclic) bond motifs is 1. The number of ether oxygens (including phenoxy) is 2. The number of pyridine rings is 2. The summed E-state index contributed by atoms with van der Waals surface area (Å²) in [6, 6.07) is 5.02. The van der Waals surface area contributed by atoms with Gasteiger partial charge in [0.25, 0.3) is 5.88 Å². The number of alkyl halides is 4. The van der Waals surface area contributed by atoms with E-state index in [4.69, 9.17) is 14.5 Å². The van der Waals surface area contributed by atoms with Crippen LogP contribution in [0.1, 0.15) is 6.42 Å². The summed E-state index contributed by atoms with van der Waals surface area (Å²) >= 11 is 0. The zero-order valence-electron chi connectivity index (χ0n) is 19.3. The molecule has 1 unspecified atom stereocenters. The lowest BCUT2D eigenvalue weighted by atomic mass is 10.1. The molecule has 5 heterocycles. The van der Waals surface area contributed by atoms with Crippen molar-refractivity contribution in [3.8, 4) is 34.5 Å². The Morgan fingerprint density at radius 2 is 1.97 bits per heavy atom. The second-order valence-electron chi connectivity index (χ2n) is 8.35. The fraction of sp³-hybridized carbons (Fsp3) is 0.348. The molecule has 36 heavy (non-hydrogen) atoms. The first kappa shape index (κ1) is 23.7. The Labute approximate surface area is 202 Å². The fourth-order valence-electron chi connectivity index (χ4n) is 4.35. The van der Waals surface area contributed by atoms with Crippen LogP contribution in [-0.2, 0) is 6.54 Å². The van der Waals surface area contributed by atoms with Gasteiger partial charge in [0.15, 0.2) is 5.75 Å². The molecule has 0 saturated carbocycles. The number of aromatic nitrogens is 5. The van der Waals surface area contributed by atoms with Gasteiger partial charge < -0.3 is 19.5 Å². The van der Waals surface area contributed by atoms with Gasteiger partial charge in [-0.3, -0.25) is 9.25 Å². The Kier molecular flexibility index (Phi) is 5.85. The van der Waals surface area contributed by atoms with Crippen molar-refractivity contribution in [3.63, 3.8) is 0 Å². The van der Waals surface area contributed by atoms with Gasteiger partial charge in [-0.25, -0.2) is 14.4 Å². The highest BCUT2D eigenvalue weighted by Gasteiger charge is 2.32. The number of rotatable bonds is 6. The van der Waals surface area contributed by atoms with Crippen LogP contribution in [0.3, 0.4) is 0 Å². The summed E-state index contributed by atoms with van der Waals surface area (Å²) in [5.74, 6) is 0.825. The standard InChI is InChI=1S/C23H22F4N6O3/c1-35-18-7-13(8-28-20(18)36-2)17-4-3-16-19(30-17)21(31-6-5-14(24)10-31)33(22(16)34)15-9-29-32(11-15)12-23(25,26)27/h3-4,7-9,11,14,34H,5-6,10,12H2,1-2H3. The molecule has 1 aliphatic heterocycles. The summed E-state index contributed by atoms with van der Waals surface area (Å²) in [5, 5.41) is 15.2. The summed E-state index contributed by atoms with van der Waals surface area (Å²) in [6.07, 6.45) is -1.32. The molecule has 0 spiro atoms. The van der Waals surface area contributed by atoms with Crippen molar-refractivity contribution in [2.45, 2.75) is 25.3 Å². The van der Waals surface area contributed by atoms with E-state index in [1.165, 1.54) is 31.2 Å². The van der Waals surface area contributed by atoms with E-state index in [0.29, 0.717) is 46.2 Å². The normalized spacial score (nSPS) is 16.2. The molecule has 1 atom stereocenters. The molecule has 1 aliphatic rings. The van der Waals surface area contributed by atoms with Crippen molar-refractivity contribution in [1.29, 1.82) is 0 Å². The van der Waals surface area contributed by atoms with E-state index in [-0.39, 0.29) is 24.5 Å². The predicted molar refractivity (Wildman–Crippen MR) is 123 cm³/mol. The summed E-state index contributed by atoms with van der Waals surface area (Å²) in [7, 11) is 2.95. The van der Waals surface area contributed by atoms with E-state index in [1.54, 1.807) is 29.3 Å². The van der Waals surface area contributed by atoms with Crippen LogP contribution in [0, 0.1) is 0 Å². The second kappa shape index (κ2) is 8.88. The molecule has 9 nitrogen and oxygen atoms in total. The van der Waals surface area contributed by atoms with Gasteiger partial charge in [-0.2, -0.15) is 18.3 Å². The van der Waals surface area contributed by atoms with Crippen molar-refractivity contribution < 1.29 is 32.1 Å². The zero-order chi connectivity index (χ0) is 25.6. The van der Waals surface area contributed by atoms with Crippen LogP contribution in [0.2, 0.25) is 0 Å². The fourth-order valence-corrected chi connectivity index (χ4v) is 4.35. The van der Waals surface area contributed by atoms with Crippen LogP contribution in [0.25, 0.3) is 27.8 Å². The molecule has 190 valence electrons. The molecule has 4 aromatic heterocycles. The van der Waals surface area contributed by atoms with Crippen LogP contribution in [0.5, 0.6) is 17.5 Å². The number of nitrogens with zero attached hydrogens (tertiary/aromatic N) is 6. The molecule has 5 rings (SSSR count). The number of aromatic hydroxyl groups is 1. The van der Waals surface area contributed by atoms with Crippen molar-refractivity contribution in [2.75, 3.05) is 32.2 Å². The lowest BCUT2D eigenvalue weighted by Gasteiger charge is -2.20. The van der Waals surface area contributed by atoms with Gasteiger partial charge in [-0.1, -0.05) is 0 Å². The average molecular weight is 506 g/mol. The average Bonchev–Trinajstić information content (AvgIpc) is 3.54. The molecule has 4 aromatic rings. The highest BCUT2D eigenvalue weighted by molar-refractivity contribution is 5.97. The van der Waals surface area contributed by atoms with E-state index in [1.807, 2.05) is 0 Å². The lowest BCUT2D eigenvalue weighted by molar-refractivity contribution is -0.142. The van der Waals surface area contributed by atoms with Gasteiger partial charge >= 0.3 is 6.18 Å². The topological polar surface area (TPSA) is 90.5 Å². The molecule has 0 aromatic carbocycles. The number of methoxy groups -OCH3 is 2. The van der Waals surface area contributed by atoms with E-state index in [0.717, 1.165) is 4.68 Å². The van der Waals surface area contributed by atoms with Gasteiger partial charge in [0, 0.05) is 24.5 Å². The smallest absolute Gasteiger partial charge is 0.408 e. The largest absolute Gasteiger partial charge is 0.494 e. The van der Waals surface area contributed by atoms with Crippen molar-refractivity contribution in [1.82, 2.24) is 24.3 Å². The first-order valence-electron chi connectivity index (χ1n) is 11.0. The molecule has 0 bridgehead atoms. The molecular weight excluding hydrogens is 484 g/mol. The molecule has 0 aliphatic carbocycles. The highest BCUT2D eigenvalue weighted by atomic mass is 19.4. The monoisotopic (exact) mass is 506 g/mol. The minimum Gasteiger partial charge on any atom is -0.494 e. The van der Waals surface area contributed by atoms with Crippen LogP contribution in [0.15, 0.2) is 36.8 Å². The molecular formula is C23H22F4N6O3. The van der Waals surface area contributed by atoms with E-state index in [9.17, 15) is 22.7 Å². The summed E-state index contributed by atoms with van der Waals surface area (Å²) in [4.78, 5) is 10.7. The predicted octanol–water partition coefficient (Wildman–Crippen LogP) is 4.12. The Morgan fingerprint density at radius 3 is 2.64 bits per heavy atom. The van der Waals surface area contributed by atoms with Gasteiger partial charge in [-0.05, 0) is 24.6 Å². The van der Waals surface area contributed by atoms with Crippen LogP contribution >= 0.6 is 0 Å². The number of hydrogen-bond donors (Lipinski definition) is 1. The lowest BCUT2D eigenvalue weighted by Crippen LogP contribution is -2.23. The summed E-state index contributed by atoms with van der Waals surface area (Å²) in [5.41, 5.74) is 1.66. The maximum Gasteiger partial charge on any atom is 0.408 e. The first-order chi connectivity index (χ1) is 17.2. The minimum absolute atomic E-state index is 0.0546. The van der Waals surface area contributed by atoms with Crippen LogP contribution in [-0.4, -0.2) is 69.1 Å². The maximum atomic E-state index is 14.2. The quantitative estimate of drug-likeness (QED) is 0.394. The minimum atomic E-state index is -4.46. The van der Waals surface area contributed by atoms with Crippen LogP contribution < -0.4 is 14.4 Å². The number of hydrogen-bond acceptors (Lipinski definition) is 7. The Hall–Kier alpha value is -4.03. The van der Waals surface area contributed by atoms with Gasteiger partial charge in [0.2, 0.25) is 5.88 Å². The third-order valence-corrected chi connectivity index (χ3v) is 5.95. The Bertz CT molecular complexity index is 1420. The molecule has 0 amide bonds.